The van der Waals surface area contributed by atoms with Crippen molar-refractivity contribution in [3.05, 3.63) is 63.0 Å². The van der Waals surface area contributed by atoms with E-state index in [1.54, 1.807) is 11.3 Å². The number of rotatable bonds is 3. The van der Waals surface area contributed by atoms with Crippen molar-refractivity contribution < 1.29 is 0 Å². The van der Waals surface area contributed by atoms with Crippen LogP contribution in [0.15, 0.2) is 51.8 Å². The first-order chi connectivity index (χ1) is 9.31. The summed E-state index contributed by atoms with van der Waals surface area (Å²) in [7, 11) is 0. The van der Waals surface area contributed by atoms with Crippen molar-refractivity contribution in [2.75, 3.05) is 0 Å². The lowest BCUT2D eigenvalue weighted by atomic mass is 10.0. The minimum absolute atomic E-state index is 0.119. The molecule has 0 radical (unpaired) electrons. The van der Waals surface area contributed by atoms with Crippen LogP contribution in [0.4, 0.5) is 0 Å². The molecule has 0 saturated carbocycles. The van der Waals surface area contributed by atoms with E-state index >= 15 is 0 Å². The maximum atomic E-state index is 5.75. The minimum atomic E-state index is -0.119. The molecule has 0 amide bonds. The molecule has 1 atom stereocenters. The van der Waals surface area contributed by atoms with Gasteiger partial charge in [-0.3, -0.25) is 10.8 Å². The number of nitrogens with zero attached hydrogens (tertiary/aromatic N) is 1. The Morgan fingerprint density at radius 1 is 1.21 bits per heavy atom. The van der Waals surface area contributed by atoms with Gasteiger partial charge in [0, 0.05) is 27.0 Å². The zero-order valence-electron chi connectivity index (χ0n) is 10.0. The molecule has 0 fully saturated rings. The molecule has 3 aromatic rings. The van der Waals surface area contributed by atoms with Crippen LogP contribution in [0.2, 0.25) is 0 Å². The lowest BCUT2D eigenvalue weighted by Gasteiger charge is -2.17. The Kier molecular flexibility index (Phi) is 3.61. The third-order valence-electron chi connectivity index (χ3n) is 3.10. The number of aromatic nitrogens is 1. The van der Waals surface area contributed by atoms with Crippen molar-refractivity contribution in [1.29, 1.82) is 0 Å². The molecular weight excluding hydrogens is 322 g/mol. The van der Waals surface area contributed by atoms with Gasteiger partial charge in [0.1, 0.15) is 0 Å². The Hall–Kier alpha value is -1.27. The minimum Gasteiger partial charge on any atom is -0.271 e. The molecule has 96 valence electrons. The molecule has 19 heavy (non-hydrogen) atoms. The van der Waals surface area contributed by atoms with Crippen LogP contribution in [-0.4, -0.2) is 4.98 Å². The molecule has 0 aliphatic carbocycles. The Labute approximate surface area is 123 Å². The lowest BCUT2D eigenvalue weighted by molar-refractivity contribution is 0.625. The van der Waals surface area contributed by atoms with E-state index in [-0.39, 0.29) is 6.04 Å². The number of hydrogen-bond donors (Lipinski definition) is 2. The standard InChI is InChI=1S/C14H12BrN3S/c15-12-8-19-7-11(12)14(18-16)13-10-4-2-1-3-9(10)5-6-17-13/h1-8,14,18H,16H2. The van der Waals surface area contributed by atoms with Crippen molar-refractivity contribution >= 4 is 38.0 Å². The van der Waals surface area contributed by atoms with Gasteiger partial charge in [0.05, 0.1) is 11.7 Å². The molecule has 2 aromatic heterocycles. The van der Waals surface area contributed by atoms with Crippen LogP contribution in [-0.2, 0) is 0 Å². The van der Waals surface area contributed by atoms with Crippen LogP contribution in [0.3, 0.4) is 0 Å². The van der Waals surface area contributed by atoms with Crippen LogP contribution in [0.25, 0.3) is 10.8 Å². The number of nitrogens with two attached hydrogens (primary N) is 1. The number of halogens is 1. The molecule has 0 bridgehead atoms. The Balaban J connectivity index is 2.20. The van der Waals surface area contributed by atoms with Gasteiger partial charge in [0.25, 0.3) is 0 Å². The quantitative estimate of drug-likeness (QED) is 0.568. The summed E-state index contributed by atoms with van der Waals surface area (Å²) >= 11 is 5.20. The zero-order chi connectivity index (χ0) is 13.2. The fraction of sp³-hybridized carbons (Fsp3) is 0.0714. The van der Waals surface area contributed by atoms with Crippen LogP contribution < -0.4 is 11.3 Å². The number of pyridine rings is 1. The first-order valence-electron chi connectivity index (χ1n) is 5.82. The highest BCUT2D eigenvalue weighted by Gasteiger charge is 2.19. The summed E-state index contributed by atoms with van der Waals surface area (Å²) in [6, 6.07) is 10.1. The van der Waals surface area contributed by atoms with Crippen molar-refractivity contribution in [2.24, 2.45) is 5.84 Å². The molecule has 5 heteroatoms. The SMILES string of the molecule is NNC(c1cscc1Br)c1nccc2ccccc12. The fourth-order valence-corrected chi connectivity index (χ4v) is 3.74. The highest BCUT2D eigenvalue weighted by molar-refractivity contribution is 9.10. The van der Waals surface area contributed by atoms with Gasteiger partial charge in [0.2, 0.25) is 0 Å². The van der Waals surface area contributed by atoms with Gasteiger partial charge in [-0.05, 0) is 32.8 Å². The molecule has 1 unspecified atom stereocenters. The molecule has 3 rings (SSSR count). The van der Waals surface area contributed by atoms with E-state index in [0.29, 0.717) is 0 Å². The summed E-state index contributed by atoms with van der Waals surface area (Å²) < 4.78 is 1.05. The fourth-order valence-electron chi connectivity index (χ4n) is 2.19. The first-order valence-corrected chi connectivity index (χ1v) is 7.56. The number of benzene rings is 1. The van der Waals surface area contributed by atoms with Crippen molar-refractivity contribution in [3.8, 4) is 0 Å². The second kappa shape index (κ2) is 5.38. The summed E-state index contributed by atoms with van der Waals surface area (Å²) in [6.45, 7) is 0. The molecular formula is C14H12BrN3S. The lowest BCUT2D eigenvalue weighted by Crippen LogP contribution is -2.29. The van der Waals surface area contributed by atoms with E-state index in [1.165, 1.54) is 5.39 Å². The van der Waals surface area contributed by atoms with Gasteiger partial charge in [-0.1, -0.05) is 24.3 Å². The van der Waals surface area contributed by atoms with Crippen LogP contribution in [0.5, 0.6) is 0 Å². The Morgan fingerprint density at radius 3 is 2.79 bits per heavy atom. The molecule has 2 heterocycles. The summed E-state index contributed by atoms with van der Waals surface area (Å²) in [4.78, 5) is 4.52. The maximum Gasteiger partial charge on any atom is 0.0906 e. The third-order valence-corrected chi connectivity index (χ3v) is 4.85. The van der Waals surface area contributed by atoms with Crippen molar-refractivity contribution in [2.45, 2.75) is 6.04 Å². The van der Waals surface area contributed by atoms with Crippen molar-refractivity contribution in [1.82, 2.24) is 10.4 Å². The average Bonchev–Trinajstić information content (AvgIpc) is 2.86. The maximum absolute atomic E-state index is 5.75. The molecule has 0 saturated heterocycles. The molecule has 3 N–H and O–H groups in total. The van der Waals surface area contributed by atoms with Gasteiger partial charge in [0.15, 0.2) is 0 Å². The van der Waals surface area contributed by atoms with E-state index in [9.17, 15) is 0 Å². The molecule has 0 aliphatic heterocycles. The largest absolute Gasteiger partial charge is 0.271 e. The first kappa shape index (κ1) is 12.7. The Morgan fingerprint density at radius 2 is 2.05 bits per heavy atom. The van der Waals surface area contributed by atoms with Gasteiger partial charge in [-0.2, -0.15) is 11.3 Å². The molecule has 0 spiro atoms. The van der Waals surface area contributed by atoms with E-state index in [4.69, 9.17) is 5.84 Å². The predicted octanol–water partition coefficient (Wildman–Crippen LogP) is 3.61. The average molecular weight is 334 g/mol. The summed E-state index contributed by atoms with van der Waals surface area (Å²) in [5, 5.41) is 6.41. The highest BCUT2D eigenvalue weighted by Crippen LogP contribution is 2.33. The van der Waals surface area contributed by atoms with Gasteiger partial charge in [-0.15, -0.1) is 0 Å². The van der Waals surface area contributed by atoms with E-state index in [0.717, 1.165) is 21.1 Å². The predicted molar refractivity (Wildman–Crippen MR) is 82.9 cm³/mol. The zero-order valence-corrected chi connectivity index (χ0v) is 12.4. The summed E-state index contributed by atoms with van der Waals surface area (Å²) in [5.41, 5.74) is 4.92. The monoisotopic (exact) mass is 333 g/mol. The number of fused-ring (bicyclic) bond motifs is 1. The number of thiophene rings is 1. The second-order valence-electron chi connectivity index (χ2n) is 4.19. The van der Waals surface area contributed by atoms with E-state index < -0.39 is 0 Å². The smallest absolute Gasteiger partial charge is 0.0906 e. The normalized spacial score (nSPS) is 12.7. The summed E-state index contributed by atoms with van der Waals surface area (Å²) in [6.07, 6.45) is 1.82. The van der Waals surface area contributed by atoms with Crippen LogP contribution in [0, 0.1) is 0 Å². The topological polar surface area (TPSA) is 50.9 Å². The molecule has 1 aromatic carbocycles. The number of nitrogens with one attached hydrogen (secondary N) is 1. The van der Waals surface area contributed by atoms with Gasteiger partial charge < -0.3 is 0 Å². The summed E-state index contributed by atoms with van der Waals surface area (Å²) in [5.74, 6) is 5.75. The van der Waals surface area contributed by atoms with Gasteiger partial charge in [-0.25, -0.2) is 5.43 Å². The van der Waals surface area contributed by atoms with Crippen molar-refractivity contribution in [3.63, 3.8) is 0 Å². The Bertz CT molecular complexity index is 705. The number of hydrogen-bond acceptors (Lipinski definition) is 4. The third kappa shape index (κ3) is 2.30. The van der Waals surface area contributed by atoms with Gasteiger partial charge >= 0.3 is 0 Å². The van der Waals surface area contributed by atoms with E-state index in [1.807, 2.05) is 29.8 Å². The second-order valence-corrected chi connectivity index (χ2v) is 5.79. The molecule has 3 nitrogen and oxygen atoms in total. The van der Waals surface area contributed by atoms with Crippen LogP contribution in [0.1, 0.15) is 17.3 Å². The highest BCUT2D eigenvalue weighted by atomic mass is 79.9. The van der Waals surface area contributed by atoms with E-state index in [2.05, 4.69) is 43.9 Å². The number of hydrazine groups is 1. The molecule has 0 aliphatic rings. The van der Waals surface area contributed by atoms with Crippen LogP contribution >= 0.6 is 27.3 Å².